The minimum atomic E-state index is -0.101. The Morgan fingerprint density at radius 1 is 1.27 bits per heavy atom. The number of nitrogens with one attached hydrogen (secondary N) is 2. The molecule has 3 aromatic heterocycles. The Bertz CT molecular complexity index is 1100. The Labute approximate surface area is 160 Å². The summed E-state index contributed by atoms with van der Waals surface area (Å²) in [5, 5.41) is 14.1. The number of thioether (sulfide) groups is 1. The first kappa shape index (κ1) is 17.0. The fourth-order valence-electron chi connectivity index (χ4n) is 2.30. The normalized spacial score (nSPS) is 11.0. The molecule has 0 amide bonds. The van der Waals surface area contributed by atoms with Gasteiger partial charge in [0.1, 0.15) is 16.3 Å². The fourth-order valence-corrected chi connectivity index (χ4v) is 4.66. The molecule has 7 nitrogen and oxygen atoms in total. The number of rotatable bonds is 6. The lowest BCUT2D eigenvalue weighted by Gasteiger charge is -2.07. The lowest BCUT2D eigenvalue weighted by Crippen LogP contribution is -2.09. The van der Waals surface area contributed by atoms with Crippen molar-refractivity contribution in [2.45, 2.75) is 10.1 Å². The zero-order valence-corrected chi connectivity index (χ0v) is 16.0. The molecule has 0 atom stereocenters. The molecule has 0 saturated heterocycles. The maximum Gasteiger partial charge on any atom is 0.268 e. The van der Waals surface area contributed by atoms with Gasteiger partial charge >= 0.3 is 0 Å². The molecule has 26 heavy (non-hydrogen) atoms. The van der Waals surface area contributed by atoms with Crippen LogP contribution in [0.3, 0.4) is 0 Å². The molecule has 3 heterocycles. The van der Waals surface area contributed by atoms with Gasteiger partial charge in [-0.05, 0) is 23.6 Å². The summed E-state index contributed by atoms with van der Waals surface area (Å²) in [6, 6.07) is 9.47. The van der Waals surface area contributed by atoms with Crippen LogP contribution < -0.4 is 15.6 Å². The number of aromatic nitrogens is 4. The van der Waals surface area contributed by atoms with Crippen LogP contribution in [0.5, 0.6) is 5.75 Å². The summed E-state index contributed by atoms with van der Waals surface area (Å²) in [6.07, 6.45) is 0. The second-order valence-corrected chi connectivity index (χ2v) is 8.25. The molecular formula is C16H13N5O2S3. The molecular weight excluding hydrogens is 390 g/mol. The van der Waals surface area contributed by atoms with Gasteiger partial charge in [-0.2, -0.15) is 0 Å². The van der Waals surface area contributed by atoms with E-state index in [1.165, 1.54) is 34.4 Å². The van der Waals surface area contributed by atoms with E-state index >= 15 is 0 Å². The molecule has 0 aliphatic carbocycles. The minimum absolute atomic E-state index is 0.101. The SMILES string of the molecule is COc1ccccc1Nc1nnc(SCc2nc3ccsc3c(=O)[nH]2)s1. The van der Waals surface area contributed by atoms with Crippen molar-refractivity contribution in [3.05, 3.63) is 51.9 Å². The molecule has 0 bridgehead atoms. The number of anilines is 2. The van der Waals surface area contributed by atoms with Gasteiger partial charge in [0.25, 0.3) is 5.56 Å². The van der Waals surface area contributed by atoms with Crippen LogP contribution in [0.1, 0.15) is 5.82 Å². The van der Waals surface area contributed by atoms with Crippen molar-refractivity contribution in [2.75, 3.05) is 12.4 Å². The Hall–Kier alpha value is -2.43. The Morgan fingerprint density at radius 2 is 2.15 bits per heavy atom. The molecule has 0 spiro atoms. The van der Waals surface area contributed by atoms with Crippen molar-refractivity contribution < 1.29 is 4.74 Å². The standard InChI is InChI=1S/C16H13N5O2S3/c1-23-11-5-3-2-4-9(11)18-15-20-21-16(26-15)25-8-12-17-10-6-7-24-13(10)14(22)19-12/h2-7H,8H2,1H3,(H,18,20)(H,17,19,22). The van der Waals surface area contributed by atoms with Gasteiger partial charge in [-0.15, -0.1) is 21.5 Å². The smallest absolute Gasteiger partial charge is 0.268 e. The number of nitrogens with zero attached hydrogens (tertiary/aromatic N) is 3. The van der Waals surface area contributed by atoms with Crippen LogP contribution in [-0.4, -0.2) is 27.3 Å². The number of hydrogen-bond acceptors (Lipinski definition) is 9. The van der Waals surface area contributed by atoms with Crippen molar-refractivity contribution in [2.24, 2.45) is 0 Å². The molecule has 0 radical (unpaired) electrons. The van der Waals surface area contributed by atoms with Crippen LogP contribution >= 0.6 is 34.4 Å². The van der Waals surface area contributed by atoms with Crippen molar-refractivity contribution in [3.63, 3.8) is 0 Å². The molecule has 0 unspecified atom stereocenters. The van der Waals surface area contributed by atoms with E-state index in [1.807, 2.05) is 35.7 Å². The highest BCUT2D eigenvalue weighted by atomic mass is 32.2. The Balaban J connectivity index is 1.45. The second kappa shape index (κ2) is 7.44. The number of benzene rings is 1. The molecule has 2 N–H and O–H groups in total. The molecule has 0 fully saturated rings. The van der Waals surface area contributed by atoms with Gasteiger partial charge in [0.2, 0.25) is 5.13 Å². The quantitative estimate of drug-likeness (QED) is 0.472. The summed E-state index contributed by atoms with van der Waals surface area (Å²) in [5.74, 6) is 1.88. The van der Waals surface area contributed by atoms with E-state index in [4.69, 9.17) is 4.74 Å². The van der Waals surface area contributed by atoms with Crippen molar-refractivity contribution in [1.29, 1.82) is 0 Å². The predicted octanol–water partition coefficient (Wildman–Crippen LogP) is 3.88. The van der Waals surface area contributed by atoms with Gasteiger partial charge in [0, 0.05) is 0 Å². The van der Waals surface area contributed by atoms with Crippen molar-refractivity contribution >= 4 is 55.5 Å². The number of aromatic amines is 1. The molecule has 0 saturated carbocycles. The van der Waals surface area contributed by atoms with E-state index in [1.54, 1.807) is 7.11 Å². The highest BCUT2D eigenvalue weighted by molar-refractivity contribution is 8.00. The number of methoxy groups -OCH3 is 1. The van der Waals surface area contributed by atoms with Gasteiger partial charge in [0.05, 0.1) is 24.1 Å². The van der Waals surface area contributed by atoms with Crippen molar-refractivity contribution in [1.82, 2.24) is 20.2 Å². The summed E-state index contributed by atoms with van der Waals surface area (Å²) in [4.78, 5) is 19.3. The van der Waals surface area contributed by atoms with Gasteiger partial charge in [-0.3, -0.25) is 4.79 Å². The van der Waals surface area contributed by atoms with Crippen LogP contribution in [0.25, 0.3) is 10.2 Å². The van der Waals surface area contributed by atoms with Crippen LogP contribution in [0.15, 0.2) is 44.8 Å². The highest BCUT2D eigenvalue weighted by Crippen LogP contribution is 2.32. The predicted molar refractivity (Wildman–Crippen MR) is 106 cm³/mol. The molecule has 4 rings (SSSR count). The lowest BCUT2D eigenvalue weighted by molar-refractivity contribution is 0.417. The zero-order chi connectivity index (χ0) is 17.9. The zero-order valence-electron chi connectivity index (χ0n) is 13.6. The molecule has 0 aliphatic heterocycles. The number of para-hydroxylation sites is 2. The van der Waals surface area contributed by atoms with E-state index in [2.05, 4.69) is 25.5 Å². The summed E-state index contributed by atoms with van der Waals surface area (Å²) >= 11 is 4.30. The van der Waals surface area contributed by atoms with E-state index in [0.717, 1.165) is 21.3 Å². The van der Waals surface area contributed by atoms with Crippen LogP contribution in [0.2, 0.25) is 0 Å². The largest absolute Gasteiger partial charge is 0.495 e. The van der Waals surface area contributed by atoms with Gasteiger partial charge in [-0.1, -0.05) is 35.2 Å². The third-order valence-electron chi connectivity index (χ3n) is 3.45. The molecule has 4 aromatic rings. The molecule has 1 aromatic carbocycles. The monoisotopic (exact) mass is 403 g/mol. The maximum absolute atomic E-state index is 12.0. The molecule has 10 heteroatoms. The van der Waals surface area contributed by atoms with E-state index in [9.17, 15) is 4.79 Å². The number of hydrogen-bond donors (Lipinski definition) is 2. The molecule has 132 valence electrons. The first-order chi connectivity index (χ1) is 12.7. The number of thiophene rings is 1. The Morgan fingerprint density at radius 3 is 3.04 bits per heavy atom. The number of H-pyrrole nitrogens is 1. The average Bonchev–Trinajstić information content (AvgIpc) is 3.30. The number of fused-ring (bicyclic) bond motifs is 1. The van der Waals surface area contributed by atoms with Gasteiger partial charge in [0.15, 0.2) is 4.34 Å². The third-order valence-corrected chi connectivity index (χ3v) is 6.34. The average molecular weight is 404 g/mol. The van der Waals surface area contributed by atoms with Crippen LogP contribution in [0.4, 0.5) is 10.8 Å². The third kappa shape index (κ3) is 3.57. The fraction of sp³-hybridized carbons (Fsp3) is 0.125. The lowest BCUT2D eigenvalue weighted by atomic mass is 10.3. The van der Waals surface area contributed by atoms with E-state index < -0.39 is 0 Å². The summed E-state index contributed by atoms with van der Waals surface area (Å²) in [6.45, 7) is 0. The molecule has 0 aliphatic rings. The van der Waals surface area contributed by atoms with Gasteiger partial charge < -0.3 is 15.0 Å². The maximum atomic E-state index is 12.0. The first-order valence-electron chi connectivity index (χ1n) is 7.55. The minimum Gasteiger partial charge on any atom is -0.495 e. The van der Waals surface area contributed by atoms with E-state index in [-0.39, 0.29) is 5.56 Å². The highest BCUT2D eigenvalue weighted by Gasteiger charge is 2.10. The van der Waals surface area contributed by atoms with Crippen LogP contribution in [-0.2, 0) is 5.75 Å². The summed E-state index contributed by atoms with van der Waals surface area (Å²) in [5.41, 5.74) is 1.46. The summed E-state index contributed by atoms with van der Waals surface area (Å²) in [7, 11) is 1.62. The van der Waals surface area contributed by atoms with Gasteiger partial charge in [-0.25, -0.2) is 4.98 Å². The van der Waals surface area contributed by atoms with E-state index in [0.29, 0.717) is 21.4 Å². The topological polar surface area (TPSA) is 92.8 Å². The first-order valence-corrected chi connectivity index (χ1v) is 10.2. The number of ether oxygens (including phenoxy) is 1. The Kier molecular flexibility index (Phi) is 4.87. The summed E-state index contributed by atoms with van der Waals surface area (Å²) < 4.78 is 6.76. The second-order valence-electron chi connectivity index (χ2n) is 5.13. The van der Waals surface area contributed by atoms with Crippen LogP contribution in [0, 0.1) is 0 Å². The van der Waals surface area contributed by atoms with Crippen molar-refractivity contribution in [3.8, 4) is 5.75 Å².